The number of hydrogen-bond acceptors (Lipinski definition) is 1. The van der Waals surface area contributed by atoms with Gasteiger partial charge in [-0.25, -0.2) is 0 Å². The third kappa shape index (κ3) is 4.48. The van der Waals surface area contributed by atoms with Crippen molar-refractivity contribution >= 4 is 0 Å². The van der Waals surface area contributed by atoms with Crippen LogP contribution in [0.2, 0.25) is 0 Å². The van der Waals surface area contributed by atoms with E-state index < -0.39 is 0 Å². The van der Waals surface area contributed by atoms with E-state index in [1.165, 1.54) is 12.0 Å². The van der Waals surface area contributed by atoms with Gasteiger partial charge in [-0.2, -0.15) is 0 Å². The van der Waals surface area contributed by atoms with Crippen molar-refractivity contribution in [1.82, 2.24) is 0 Å². The van der Waals surface area contributed by atoms with Crippen LogP contribution in [-0.2, 0) is 0 Å². The van der Waals surface area contributed by atoms with E-state index in [1.54, 1.807) is 0 Å². The quantitative estimate of drug-likeness (QED) is 0.754. The Hall–Kier alpha value is -0.820. The Kier molecular flexibility index (Phi) is 5.41. The summed E-state index contributed by atoms with van der Waals surface area (Å²) in [5.74, 6) is 1.33. The van der Waals surface area contributed by atoms with Crippen LogP contribution in [0, 0.1) is 5.92 Å². The molecule has 0 amide bonds. The van der Waals surface area contributed by atoms with Crippen LogP contribution in [0.15, 0.2) is 30.3 Å². The third-order valence-electron chi connectivity index (χ3n) is 2.74. The Bertz CT molecular complexity index is 253. The highest BCUT2D eigenvalue weighted by atomic mass is 16.2. The van der Waals surface area contributed by atoms with E-state index in [4.69, 9.17) is 5.11 Å². The van der Waals surface area contributed by atoms with Crippen molar-refractivity contribution in [2.24, 2.45) is 5.92 Å². The number of rotatable bonds is 6. The van der Waals surface area contributed by atoms with Crippen LogP contribution in [0.25, 0.3) is 0 Å². The summed E-state index contributed by atoms with van der Waals surface area (Å²) in [7, 11) is 0. The molecule has 1 heteroatoms. The van der Waals surface area contributed by atoms with E-state index >= 15 is 0 Å². The summed E-state index contributed by atoms with van der Waals surface area (Å²) < 4.78 is 0. The molecule has 0 saturated heterocycles. The molecule has 1 rings (SSSR count). The van der Waals surface area contributed by atoms with Crippen LogP contribution in [0.1, 0.15) is 44.6 Å². The first-order chi connectivity index (χ1) is 7.24. The van der Waals surface area contributed by atoms with Crippen molar-refractivity contribution in [1.29, 1.82) is 0 Å². The van der Waals surface area contributed by atoms with Crippen LogP contribution in [0.5, 0.6) is 0 Å². The Morgan fingerprint density at radius 2 is 1.80 bits per heavy atom. The molecule has 0 aliphatic carbocycles. The molecular weight excluding hydrogens is 184 g/mol. The lowest BCUT2D eigenvalue weighted by Crippen LogP contribution is -2.04. The van der Waals surface area contributed by atoms with E-state index in [2.05, 4.69) is 44.2 Å². The van der Waals surface area contributed by atoms with E-state index in [9.17, 15) is 0 Å². The van der Waals surface area contributed by atoms with Gasteiger partial charge in [0.25, 0.3) is 0 Å². The number of aliphatic hydroxyl groups is 1. The van der Waals surface area contributed by atoms with Crippen molar-refractivity contribution < 1.29 is 5.11 Å². The van der Waals surface area contributed by atoms with Crippen molar-refractivity contribution in [3.8, 4) is 0 Å². The fourth-order valence-corrected chi connectivity index (χ4v) is 2.05. The summed E-state index contributed by atoms with van der Waals surface area (Å²) >= 11 is 0. The molecule has 0 fully saturated rings. The maximum Gasteiger partial charge on any atom is 0.0431 e. The number of hydrogen-bond donors (Lipinski definition) is 1. The largest absolute Gasteiger partial charge is 0.396 e. The SMILES string of the molecule is CC(C)CC(CCCO)c1ccccc1. The predicted octanol–water partition coefficient (Wildman–Crippen LogP) is 3.59. The zero-order valence-electron chi connectivity index (χ0n) is 9.82. The molecule has 0 radical (unpaired) electrons. The van der Waals surface area contributed by atoms with Crippen molar-refractivity contribution in [2.45, 2.75) is 39.0 Å². The Morgan fingerprint density at radius 1 is 1.13 bits per heavy atom. The molecule has 0 aliphatic heterocycles. The molecule has 0 saturated carbocycles. The molecule has 1 nitrogen and oxygen atoms in total. The Labute approximate surface area is 93.1 Å². The molecular formula is C14H22O. The van der Waals surface area contributed by atoms with E-state index in [-0.39, 0.29) is 0 Å². The topological polar surface area (TPSA) is 20.2 Å². The van der Waals surface area contributed by atoms with Gasteiger partial charge in [0.1, 0.15) is 0 Å². The van der Waals surface area contributed by atoms with Crippen molar-refractivity contribution in [3.05, 3.63) is 35.9 Å². The predicted molar refractivity (Wildman–Crippen MR) is 65.0 cm³/mol. The lowest BCUT2D eigenvalue weighted by Gasteiger charge is -2.19. The van der Waals surface area contributed by atoms with Gasteiger partial charge in [-0.3, -0.25) is 0 Å². The van der Waals surface area contributed by atoms with Crippen molar-refractivity contribution in [2.75, 3.05) is 6.61 Å². The van der Waals surface area contributed by atoms with E-state index in [0.717, 1.165) is 12.8 Å². The van der Waals surface area contributed by atoms with Gasteiger partial charge < -0.3 is 5.11 Å². The standard InChI is InChI=1S/C14H22O/c1-12(2)11-14(9-6-10-15)13-7-4-3-5-8-13/h3-5,7-8,12,14-15H,6,9-11H2,1-2H3. The normalized spacial score (nSPS) is 13.1. The van der Waals surface area contributed by atoms with Gasteiger partial charge in [-0.15, -0.1) is 0 Å². The molecule has 0 aliphatic rings. The molecule has 1 unspecified atom stereocenters. The highest BCUT2D eigenvalue weighted by molar-refractivity contribution is 5.19. The maximum atomic E-state index is 8.90. The van der Waals surface area contributed by atoms with Crippen LogP contribution in [0.3, 0.4) is 0 Å². The molecule has 0 spiro atoms. The highest BCUT2D eigenvalue weighted by Crippen LogP contribution is 2.27. The second-order valence-electron chi connectivity index (χ2n) is 4.60. The lowest BCUT2D eigenvalue weighted by molar-refractivity contribution is 0.276. The summed E-state index contributed by atoms with van der Waals surface area (Å²) in [6.07, 6.45) is 3.22. The van der Waals surface area contributed by atoms with Crippen LogP contribution in [-0.4, -0.2) is 11.7 Å². The van der Waals surface area contributed by atoms with Gasteiger partial charge in [0.15, 0.2) is 0 Å². The first kappa shape index (κ1) is 12.3. The second-order valence-corrected chi connectivity index (χ2v) is 4.60. The van der Waals surface area contributed by atoms with E-state index in [1.807, 2.05) is 0 Å². The molecule has 0 bridgehead atoms. The minimum Gasteiger partial charge on any atom is -0.396 e. The molecule has 0 aromatic heterocycles. The van der Waals surface area contributed by atoms with Crippen LogP contribution >= 0.6 is 0 Å². The second kappa shape index (κ2) is 6.62. The lowest BCUT2D eigenvalue weighted by atomic mass is 9.87. The minimum atomic E-state index is 0.307. The fraction of sp³-hybridized carbons (Fsp3) is 0.571. The molecule has 1 atom stereocenters. The first-order valence-corrected chi connectivity index (χ1v) is 5.90. The molecule has 1 aromatic carbocycles. The average Bonchev–Trinajstić information content (AvgIpc) is 2.25. The zero-order chi connectivity index (χ0) is 11.1. The van der Waals surface area contributed by atoms with E-state index in [0.29, 0.717) is 18.4 Å². The molecule has 0 heterocycles. The van der Waals surface area contributed by atoms with Crippen molar-refractivity contribution in [3.63, 3.8) is 0 Å². The Morgan fingerprint density at radius 3 is 2.33 bits per heavy atom. The van der Waals surface area contributed by atoms with Gasteiger partial charge in [0.2, 0.25) is 0 Å². The van der Waals surface area contributed by atoms with Gasteiger partial charge in [0, 0.05) is 6.61 Å². The summed E-state index contributed by atoms with van der Waals surface area (Å²) in [6.45, 7) is 4.82. The third-order valence-corrected chi connectivity index (χ3v) is 2.74. The fourth-order valence-electron chi connectivity index (χ4n) is 2.05. The maximum absolute atomic E-state index is 8.90. The van der Waals surface area contributed by atoms with Crippen LogP contribution in [0.4, 0.5) is 0 Å². The van der Waals surface area contributed by atoms with Gasteiger partial charge in [0.05, 0.1) is 0 Å². The molecule has 84 valence electrons. The van der Waals surface area contributed by atoms with Crippen LogP contribution < -0.4 is 0 Å². The summed E-state index contributed by atoms with van der Waals surface area (Å²) in [4.78, 5) is 0. The smallest absolute Gasteiger partial charge is 0.0431 e. The Balaban J connectivity index is 2.63. The van der Waals surface area contributed by atoms with Gasteiger partial charge in [-0.1, -0.05) is 44.2 Å². The number of benzene rings is 1. The first-order valence-electron chi connectivity index (χ1n) is 5.90. The molecule has 1 N–H and O–H groups in total. The average molecular weight is 206 g/mol. The highest BCUT2D eigenvalue weighted by Gasteiger charge is 2.12. The van der Waals surface area contributed by atoms with Gasteiger partial charge in [-0.05, 0) is 36.7 Å². The number of aliphatic hydroxyl groups excluding tert-OH is 1. The molecule has 1 aromatic rings. The summed E-state index contributed by atoms with van der Waals surface area (Å²) in [5, 5.41) is 8.90. The van der Waals surface area contributed by atoms with Gasteiger partial charge >= 0.3 is 0 Å². The molecule has 15 heavy (non-hydrogen) atoms. The summed E-state index contributed by atoms with van der Waals surface area (Å²) in [5.41, 5.74) is 1.42. The zero-order valence-corrected chi connectivity index (χ0v) is 9.82. The summed E-state index contributed by atoms with van der Waals surface area (Å²) in [6, 6.07) is 10.7. The minimum absolute atomic E-state index is 0.307. The monoisotopic (exact) mass is 206 g/mol.